The lowest BCUT2D eigenvalue weighted by Crippen LogP contribution is -2.52. The summed E-state index contributed by atoms with van der Waals surface area (Å²) in [6, 6.07) is -0.0384. The van der Waals surface area contributed by atoms with E-state index in [0.29, 0.717) is 0 Å². The molecule has 0 aromatic rings. The highest BCUT2D eigenvalue weighted by Gasteiger charge is 2.25. The molecule has 45 heavy (non-hydrogen) atoms. The molecule has 0 aromatic carbocycles. The van der Waals surface area contributed by atoms with Gasteiger partial charge in [0.05, 0.1) is 0 Å². The topological polar surface area (TPSA) is 58.2 Å². The van der Waals surface area contributed by atoms with Crippen LogP contribution in [0.5, 0.6) is 0 Å². The van der Waals surface area contributed by atoms with Gasteiger partial charge < -0.3 is 10.6 Å². The lowest BCUT2D eigenvalue weighted by Gasteiger charge is -2.29. The molecule has 4 atom stereocenters. The third-order valence-electron chi connectivity index (χ3n) is 8.98. The van der Waals surface area contributed by atoms with E-state index in [0.717, 1.165) is 51.4 Å². The van der Waals surface area contributed by atoms with Crippen LogP contribution in [0.3, 0.4) is 0 Å². The largest absolute Gasteiger partial charge is 0.351 e. The van der Waals surface area contributed by atoms with Gasteiger partial charge in [0, 0.05) is 23.9 Å². The van der Waals surface area contributed by atoms with Gasteiger partial charge in [-0.15, -0.1) is 0 Å². The molecule has 2 N–H and O–H groups in total. The van der Waals surface area contributed by atoms with Gasteiger partial charge >= 0.3 is 0 Å². The highest BCUT2D eigenvalue weighted by molar-refractivity contribution is 5.80. The monoisotopic (exact) mass is 639 g/mol. The van der Waals surface area contributed by atoms with E-state index >= 15 is 0 Å². The van der Waals surface area contributed by atoms with Gasteiger partial charge in [-0.2, -0.15) is 0 Å². The summed E-state index contributed by atoms with van der Waals surface area (Å²) >= 11 is 0. The maximum atomic E-state index is 13.3. The average molecular weight is 639 g/mol. The summed E-state index contributed by atoms with van der Waals surface area (Å²) in [5.41, 5.74) is 0. The van der Waals surface area contributed by atoms with E-state index in [2.05, 4.69) is 66.0 Å². The molecule has 0 aliphatic heterocycles. The predicted octanol–water partition coefficient (Wildman–Crippen LogP) is 13.1. The fourth-order valence-corrected chi connectivity index (χ4v) is 5.78. The standard InChI is InChI=1S/C33H66N2O2.C6H14.C2H6/c1-7-11-14-17-19-21-25-28(5)32(36)35-31(24-10-4)29(6)34-33(37)30(26-22-16-13-9-3)27-23-20-18-15-12-8-2;1-3-5-6-4-2;1-2/h28-31H,7-27H2,1-6H3,(H,34,37)(H,35,36);3-6H2,1-2H3;1-2H3. The number of unbranched alkanes of at least 4 members (excludes halogenated alkanes) is 16. The van der Waals surface area contributed by atoms with Gasteiger partial charge in [0.1, 0.15) is 0 Å². The second kappa shape index (κ2) is 39.1. The number of hydrogen-bond donors (Lipinski definition) is 2. The Balaban J connectivity index is -0.00000195. The van der Waals surface area contributed by atoms with E-state index in [9.17, 15) is 9.59 Å². The van der Waals surface area contributed by atoms with Crippen molar-refractivity contribution in [3.05, 3.63) is 0 Å². The molecule has 0 aromatic heterocycles. The van der Waals surface area contributed by atoms with E-state index in [-0.39, 0.29) is 35.7 Å². The van der Waals surface area contributed by atoms with Gasteiger partial charge in [-0.05, 0) is 32.6 Å². The fraction of sp³-hybridized carbons (Fsp3) is 0.951. The first-order valence-corrected chi connectivity index (χ1v) is 20.4. The highest BCUT2D eigenvalue weighted by atomic mass is 16.2. The normalized spacial score (nSPS) is 13.4. The van der Waals surface area contributed by atoms with Crippen LogP contribution in [0, 0.1) is 11.8 Å². The third-order valence-corrected chi connectivity index (χ3v) is 8.98. The van der Waals surface area contributed by atoms with E-state index < -0.39 is 0 Å². The molecule has 0 bridgehead atoms. The van der Waals surface area contributed by atoms with Crippen LogP contribution in [0.25, 0.3) is 0 Å². The van der Waals surface area contributed by atoms with Crippen LogP contribution in [0.15, 0.2) is 0 Å². The summed E-state index contributed by atoms with van der Waals surface area (Å²) < 4.78 is 0. The highest BCUT2D eigenvalue weighted by Crippen LogP contribution is 2.20. The van der Waals surface area contributed by atoms with Crippen molar-refractivity contribution in [3.63, 3.8) is 0 Å². The summed E-state index contributed by atoms with van der Waals surface area (Å²) in [5.74, 6) is 0.492. The quantitative estimate of drug-likeness (QED) is 0.0801. The fourth-order valence-electron chi connectivity index (χ4n) is 5.78. The molecule has 4 heteroatoms. The molecule has 0 radical (unpaired) electrons. The zero-order valence-corrected chi connectivity index (χ0v) is 32.8. The van der Waals surface area contributed by atoms with Gasteiger partial charge in [0.25, 0.3) is 0 Å². The van der Waals surface area contributed by atoms with E-state index in [4.69, 9.17) is 0 Å². The maximum Gasteiger partial charge on any atom is 0.223 e. The molecule has 4 nitrogen and oxygen atoms in total. The number of hydrogen-bond acceptors (Lipinski definition) is 2. The van der Waals surface area contributed by atoms with Crippen molar-refractivity contribution < 1.29 is 9.59 Å². The minimum Gasteiger partial charge on any atom is -0.351 e. The average Bonchev–Trinajstić information content (AvgIpc) is 3.04. The van der Waals surface area contributed by atoms with Gasteiger partial charge in [-0.1, -0.05) is 197 Å². The Morgan fingerprint density at radius 2 is 0.778 bits per heavy atom. The maximum absolute atomic E-state index is 13.3. The van der Waals surface area contributed by atoms with Crippen molar-refractivity contribution in [2.75, 3.05) is 0 Å². The minimum atomic E-state index is -0.0414. The van der Waals surface area contributed by atoms with Crippen LogP contribution in [-0.2, 0) is 9.59 Å². The van der Waals surface area contributed by atoms with E-state index in [1.54, 1.807) is 0 Å². The summed E-state index contributed by atoms with van der Waals surface area (Å²) in [7, 11) is 0. The smallest absolute Gasteiger partial charge is 0.223 e. The summed E-state index contributed by atoms with van der Waals surface area (Å²) in [6.45, 7) is 21.5. The zero-order valence-electron chi connectivity index (χ0n) is 32.8. The van der Waals surface area contributed by atoms with Crippen LogP contribution in [-0.4, -0.2) is 23.9 Å². The zero-order chi connectivity index (χ0) is 34.6. The lowest BCUT2D eigenvalue weighted by atomic mass is 9.92. The molecule has 0 spiro atoms. The predicted molar refractivity (Wildman–Crippen MR) is 203 cm³/mol. The minimum absolute atomic E-state index is 0.00300. The number of nitrogens with one attached hydrogen (secondary N) is 2. The summed E-state index contributed by atoms with van der Waals surface area (Å²) in [5, 5.41) is 6.63. The van der Waals surface area contributed by atoms with Gasteiger partial charge in [0.2, 0.25) is 11.8 Å². The number of carbonyl (C=O) groups is 2. The van der Waals surface area contributed by atoms with Gasteiger partial charge in [-0.25, -0.2) is 0 Å². The van der Waals surface area contributed by atoms with Crippen molar-refractivity contribution in [2.45, 2.75) is 242 Å². The Labute approximate surface area is 285 Å². The van der Waals surface area contributed by atoms with Gasteiger partial charge in [0.15, 0.2) is 0 Å². The molecular formula is C41H86N2O2. The van der Waals surface area contributed by atoms with Gasteiger partial charge in [-0.3, -0.25) is 9.59 Å². The lowest BCUT2D eigenvalue weighted by molar-refractivity contribution is -0.128. The molecule has 4 unspecified atom stereocenters. The molecule has 0 saturated carbocycles. The van der Waals surface area contributed by atoms with Crippen molar-refractivity contribution >= 4 is 11.8 Å². The van der Waals surface area contributed by atoms with Crippen molar-refractivity contribution in [3.8, 4) is 0 Å². The Kier molecular flexibility index (Phi) is 42.0. The number of carbonyl (C=O) groups excluding carboxylic acids is 2. The van der Waals surface area contributed by atoms with Crippen molar-refractivity contribution in [1.82, 2.24) is 10.6 Å². The Morgan fingerprint density at radius 1 is 0.422 bits per heavy atom. The second-order valence-corrected chi connectivity index (χ2v) is 13.5. The SMILES string of the molecule is CC.CCCCCC.CCCCCCCCC(C)C(=O)NC(CCC)C(C)NC(=O)C(CCCCCC)CCCCCCCC. The first-order valence-electron chi connectivity index (χ1n) is 20.4. The molecule has 0 fully saturated rings. The molecule has 272 valence electrons. The Morgan fingerprint density at radius 3 is 1.20 bits per heavy atom. The van der Waals surface area contributed by atoms with Crippen molar-refractivity contribution in [1.29, 1.82) is 0 Å². The molecule has 0 rings (SSSR count). The first kappa shape index (κ1) is 48.3. The van der Waals surface area contributed by atoms with Crippen LogP contribution in [0.2, 0.25) is 0 Å². The number of rotatable bonds is 29. The Hall–Kier alpha value is -1.06. The second-order valence-electron chi connectivity index (χ2n) is 13.5. The molecule has 2 amide bonds. The summed E-state index contributed by atoms with van der Waals surface area (Å²) in [6.07, 6.45) is 30.3. The molecule has 0 aliphatic rings. The van der Waals surface area contributed by atoms with E-state index in [1.165, 1.54) is 109 Å². The van der Waals surface area contributed by atoms with E-state index in [1.807, 2.05) is 13.8 Å². The van der Waals surface area contributed by atoms with Crippen LogP contribution >= 0.6 is 0 Å². The molecule has 0 saturated heterocycles. The van der Waals surface area contributed by atoms with Crippen LogP contribution in [0.1, 0.15) is 230 Å². The molecular weight excluding hydrogens is 552 g/mol. The summed E-state index contributed by atoms with van der Waals surface area (Å²) in [4.78, 5) is 26.3. The molecule has 0 aliphatic carbocycles. The molecule has 0 heterocycles. The third kappa shape index (κ3) is 32.7. The number of amides is 2. The van der Waals surface area contributed by atoms with Crippen molar-refractivity contribution in [2.24, 2.45) is 11.8 Å². The van der Waals surface area contributed by atoms with Crippen LogP contribution in [0.4, 0.5) is 0 Å². The first-order chi connectivity index (χ1) is 21.8. The van der Waals surface area contributed by atoms with Crippen LogP contribution < -0.4 is 10.6 Å². The Bertz CT molecular complexity index is 590.